The van der Waals surface area contributed by atoms with Crippen molar-refractivity contribution in [3.8, 4) is 0 Å². The van der Waals surface area contributed by atoms with Crippen LogP contribution in [0.4, 0.5) is 0 Å². The van der Waals surface area contributed by atoms with E-state index in [1.54, 1.807) is 18.1 Å². The monoisotopic (exact) mass is 279 g/mol. The second kappa shape index (κ2) is 5.48. The molecule has 1 aliphatic rings. The maximum atomic E-state index is 9.15. The van der Waals surface area contributed by atoms with Gasteiger partial charge >= 0.3 is 0 Å². The van der Waals surface area contributed by atoms with Gasteiger partial charge in [-0.3, -0.25) is 0 Å². The van der Waals surface area contributed by atoms with E-state index in [2.05, 4.69) is 16.9 Å². The predicted molar refractivity (Wildman–Crippen MR) is 74.2 cm³/mol. The Labute approximate surface area is 116 Å². The molecule has 1 saturated heterocycles. The zero-order valence-electron chi connectivity index (χ0n) is 10.8. The van der Waals surface area contributed by atoms with Crippen molar-refractivity contribution in [2.45, 2.75) is 37.1 Å². The quantitative estimate of drug-likeness (QED) is 0.687. The van der Waals surface area contributed by atoms with E-state index in [0.29, 0.717) is 0 Å². The van der Waals surface area contributed by atoms with Crippen LogP contribution in [0.15, 0.2) is 23.6 Å². The molecular weight excluding hydrogens is 262 g/mol. The van der Waals surface area contributed by atoms with Crippen molar-refractivity contribution < 1.29 is 9.84 Å². The van der Waals surface area contributed by atoms with E-state index in [1.165, 1.54) is 0 Å². The molecule has 0 radical (unpaired) electrons. The molecule has 0 bridgehead atoms. The molecule has 0 spiro atoms. The first-order valence-corrected chi connectivity index (χ1v) is 7.52. The molecule has 3 rings (SSSR count). The third kappa shape index (κ3) is 2.35. The highest BCUT2D eigenvalue weighted by molar-refractivity contribution is 7.99. The molecule has 0 aromatic carbocycles. The molecule has 6 heteroatoms. The van der Waals surface area contributed by atoms with Crippen LogP contribution in [0.3, 0.4) is 0 Å². The molecule has 2 atom stereocenters. The SMILES string of the molecule is CCSc1ncnc2c1ccn2[C@H]1CCC(CO)O1. The fourth-order valence-electron chi connectivity index (χ4n) is 2.46. The van der Waals surface area contributed by atoms with Crippen molar-refractivity contribution in [2.24, 2.45) is 0 Å². The van der Waals surface area contributed by atoms with E-state index in [9.17, 15) is 0 Å². The van der Waals surface area contributed by atoms with Crippen LogP contribution in [0.1, 0.15) is 26.0 Å². The molecule has 5 nitrogen and oxygen atoms in total. The van der Waals surface area contributed by atoms with Crippen LogP contribution in [0, 0.1) is 0 Å². The summed E-state index contributed by atoms with van der Waals surface area (Å²) in [5.74, 6) is 0.990. The Balaban J connectivity index is 1.95. The minimum Gasteiger partial charge on any atom is -0.394 e. The summed E-state index contributed by atoms with van der Waals surface area (Å²) in [6.45, 7) is 2.20. The van der Waals surface area contributed by atoms with Gasteiger partial charge in [-0.1, -0.05) is 6.92 Å². The van der Waals surface area contributed by atoms with Gasteiger partial charge in [-0.2, -0.15) is 0 Å². The fourth-order valence-corrected chi connectivity index (χ4v) is 3.17. The standard InChI is InChI=1S/C13H17N3O2S/c1-2-19-13-10-5-6-16(12(10)14-8-15-13)11-4-3-9(7-17)18-11/h5-6,8-9,11,17H,2-4,7H2,1H3/t9?,11-/m1/s1. The number of nitrogens with zero attached hydrogens (tertiary/aromatic N) is 3. The zero-order chi connectivity index (χ0) is 13.2. The molecular formula is C13H17N3O2S. The fraction of sp³-hybridized carbons (Fsp3) is 0.538. The summed E-state index contributed by atoms with van der Waals surface area (Å²) in [4.78, 5) is 8.70. The zero-order valence-corrected chi connectivity index (χ0v) is 11.6. The first-order chi connectivity index (χ1) is 9.33. The van der Waals surface area contributed by atoms with E-state index in [-0.39, 0.29) is 18.9 Å². The van der Waals surface area contributed by atoms with E-state index in [0.717, 1.165) is 34.7 Å². The van der Waals surface area contributed by atoms with Gasteiger partial charge in [0.25, 0.3) is 0 Å². The Morgan fingerprint density at radius 2 is 2.37 bits per heavy atom. The number of ether oxygens (including phenoxy) is 1. The van der Waals surface area contributed by atoms with Crippen LogP contribution < -0.4 is 0 Å². The molecule has 19 heavy (non-hydrogen) atoms. The smallest absolute Gasteiger partial charge is 0.146 e. The van der Waals surface area contributed by atoms with Crippen LogP contribution >= 0.6 is 11.8 Å². The van der Waals surface area contributed by atoms with Crippen LogP contribution in [-0.4, -0.2) is 38.1 Å². The lowest BCUT2D eigenvalue weighted by molar-refractivity contribution is -0.0204. The summed E-state index contributed by atoms with van der Waals surface area (Å²) in [6, 6.07) is 2.04. The van der Waals surface area contributed by atoms with Gasteiger partial charge < -0.3 is 14.4 Å². The summed E-state index contributed by atoms with van der Waals surface area (Å²) in [7, 11) is 0. The summed E-state index contributed by atoms with van der Waals surface area (Å²) in [5.41, 5.74) is 0.912. The lowest BCUT2D eigenvalue weighted by Gasteiger charge is -2.14. The molecule has 1 N–H and O–H groups in total. The van der Waals surface area contributed by atoms with Crippen molar-refractivity contribution in [1.82, 2.24) is 14.5 Å². The van der Waals surface area contributed by atoms with Gasteiger partial charge in [0.2, 0.25) is 0 Å². The van der Waals surface area contributed by atoms with Crippen molar-refractivity contribution in [3.05, 3.63) is 18.6 Å². The summed E-state index contributed by atoms with van der Waals surface area (Å²) < 4.78 is 7.86. The third-order valence-electron chi connectivity index (χ3n) is 3.35. The Morgan fingerprint density at radius 1 is 1.47 bits per heavy atom. The maximum Gasteiger partial charge on any atom is 0.146 e. The van der Waals surface area contributed by atoms with Gasteiger partial charge in [0.1, 0.15) is 23.2 Å². The largest absolute Gasteiger partial charge is 0.394 e. The Bertz CT molecular complexity index is 572. The number of aliphatic hydroxyl groups excluding tert-OH is 1. The summed E-state index contributed by atoms with van der Waals surface area (Å²) in [6.07, 6.45) is 5.34. The van der Waals surface area contributed by atoms with Crippen LogP contribution in [0.25, 0.3) is 11.0 Å². The van der Waals surface area contributed by atoms with Crippen molar-refractivity contribution in [1.29, 1.82) is 0 Å². The van der Waals surface area contributed by atoms with Crippen molar-refractivity contribution in [3.63, 3.8) is 0 Å². The number of aromatic nitrogens is 3. The molecule has 1 fully saturated rings. The molecule has 0 aliphatic carbocycles. The lowest BCUT2D eigenvalue weighted by Crippen LogP contribution is -2.14. The van der Waals surface area contributed by atoms with Crippen LogP contribution in [0.5, 0.6) is 0 Å². The lowest BCUT2D eigenvalue weighted by atomic mass is 10.2. The van der Waals surface area contributed by atoms with Gasteiger partial charge in [-0.25, -0.2) is 9.97 Å². The highest BCUT2D eigenvalue weighted by Gasteiger charge is 2.27. The number of rotatable bonds is 4. The van der Waals surface area contributed by atoms with Gasteiger partial charge in [0.15, 0.2) is 0 Å². The Kier molecular flexibility index (Phi) is 3.72. The number of aliphatic hydroxyl groups is 1. The van der Waals surface area contributed by atoms with Crippen LogP contribution in [-0.2, 0) is 4.74 Å². The van der Waals surface area contributed by atoms with Crippen molar-refractivity contribution >= 4 is 22.8 Å². The van der Waals surface area contributed by atoms with E-state index < -0.39 is 0 Å². The van der Waals surface area contributed by atoms with Gasteiger partial charge in [-0.05, 0) is 24.7 Å². The van der Waals surface area contributed by atoms with Gasteiger partial charge in [-0.15, -0.1) is 11.8 Å². The van der Waals surface area contributed by atoms with E-state index >= 15 is 0 Å². The Morgan fingerprint density at radius 3 is 3.11 bits per heavy atom. The number of thioether (sulfide) groups is 1. The minimum absolute atomic E-state index is 0.0240. The average molecular weight is 279 g/mol. The average Bonchev–Trinajstić information content (AvgIpc) is 3.05. The first kappa shape index (κ1) is 12.9. The Hall–Kier alpha value is -1.11. The van der Waals surface area contributed by atoms with Gasteiger partial charge in [0.05, 0.1) is 18.1 Å². The highest BCUT2D eigenvalue weighted by Crippen LogP contribution is 2.32. The normalized spacial score (nSPS) is 23.3. The molecule has 1 unspecified atom stereocenters. The first-order valence-electron chi connectivity index (χ1n) is 6.54. The molecule has 3 heterocycles. The molecule has 0 amide bonds. The summed E-state index contributed by atoms with van der Waals surface area (Å²) in [5, 5.41) is 11.2. The number of hydrogen-bond donors (Lipinski definition) is 1. The highest BCUT2D eigenvalue weighted by atomic mass is 32.2. The van der Waals surface area contributed by atoms with Gasteiger partial charge in [0, 0.05) is 6.20 Å². The number of hydrogen-bond acceptors (Lipinski definition) is 5. The molecule has 2 aromatic heterocycles. The van der Waals surface area contributed by atoms with E-state index in [1.807, 2.05) is 16.8 Å². The van der Waals surface area contributed by atoms with Crippen LogP contribution in [0.2, 0.25) is 0 Å². The second-order valence-electron chi connectivity index (χ2n) is 4.54. The minimum atomic E-state index is -0.0474. The second-order valence-corrected chi connectivity index (χ2v) is 5.80. The molecule has 2 aromatic rings. The molecule has 1 aliphatic heterocycles. The summed E-state index contributed by atoms with van der Waals surface area (Å²) >= 11 is 1.72. The molecule has 0 saturated carbocycles. The maximum absolute atomic E-state index is 9.15. The molecule has 102 valence electrons. The van der Waals surface area contributed by atoms with Crippen molar-refractivity contribution in [2.75, 3.05) is 12.4 Å². The number of fused-ring (bicyclic) bond motifs is 1. The van der Waals surface area contributed by atoms with E-state index in [4.69, 9.17) is 9.84 Å². The third-order valence-corrected chi connectivity index (χ3v) is 4.24. The predicted octanol–water partition coefficient (Wildman–Crippen LogP) is 2.21. The topological polar surface area (TPSA) is 60.2 Å².